The first-order valence-electron chi connectivity index (χ1n) is 16.7. The number of aliphatic imine (C=N–C) groups is 2. The molecule has 6 atom stereocenters. The van der Waals surface area contributed by atoms with Crippen molar-refractivity contribution in [2.75, 3.05) is 33.1 Å². The van der Waals surface area contributed by atoms with Crippen LogP contribution in [0.3, 0.4) is 0 Å². The molecule has 3 aromatic carbocycles. The quantitative estimate of drug-likeness (QED) is 0.0793. The monoisotopic (exact) mass is 730 g/mol. The van der Waals surface area contributed by atoms with Crippen molar-refractivity contribution in [3.05, 3.63) is 88.0 Å². The predicted molar refractivity (Wildman–Crippen MR) is 183 cm³/mol. The van der Waals surface area contributed by atoms with Crippen molar-refractivity contribution in [1.29, 1.82) is 5.41 Å². The molecule has 1 amide bonds. The first-order chi connectivity index (χ1) is 25.5. The van der Waals surface area contributed by atoms with E-state index in [0.717, 1.165) is 0 Å². The van der Waals surface area contributed by atoms with Crippen LogP contribution in [-0.4, -0.2) is 129 Å². The molecule has 1 saturated heterocycles. The van der Waals surface area contributed by atoms with Crippen LogP contribution in [0.1, 0.15) is 49.4 Å². The lowest BCUT2D eigenvalue weighted by molar-refractivity contribution is -0.723. The Bertz CT molecular complexity index is 2080. The Morgan fingerprint density at radius 2 is 1.66 bits per heavy atom. The number of carbonyl (C=O) groups is 3. The fourth-order valence-electron chi connectivity index (χ4n) is 7.08. The van der Waals surface area contributed by atoms with Gasteiger partial charge in [-0.2, -0.15) is 4.99 Å². The minimum atomic E-state index is -2.47. The van der Waals surface area contributed by atoms with E-state index in [-0.39, 0.29) is 76.5 Å². The van der Waals surface area contributed by atoms with Crippen molar-refractivity contribution >= 4 is 40.7 Å². The first kappa shape index (κ1) is 36.1. The van der Waals surface area contributed by atoms with Gasteiger partial charge in [-0.15, -0.1) is 0 Å². The molecular formula is C36H36N5O12+. The molecule has 276 valence electrons. The van der Waals surface area contributed by atoms with E-state index in [1.54, 1.807) is 36.4 Å². The third kappa shape index (κ3) is 6.12. The van der Waals surface area contributed by atoms with Gasteiger partial charge in [0.1, 0.15) is 30.6 Å². The molecule has 0 radical (unpaired) electrons. The number of amidine groups is 1. The van der Waals surface area contributed by atoms with Crippen LogP contribution >= 0.6 is 0 Å². The van der Waals surface area contributed by atoms with Crippen LogP contribution in [0, 0.1) is 5.41 Å². The number of para-hydroxylation sites is 1. The summed E-state index contributed by atoms with van der Waals surface area (Å²) < 4.78 is 18.1. The number of ether oxygens (including phenoxy) is 3. The minimum absolute atomic E-state index is 0.0405. The molecule has 0 spiro atoms. The van der Waals surface area contributed by atoms with Gasteiger partial charge in [0.15, 0.2) is 35.3 Å². The number of benzene rings is 3. The molecule has 0 saturated carbocycles. The number of hydrogen-bond acceptors (Lipinski definition) is 14. The van der Waals surface area contributed by atoms with Crippen molar-refractivity contribution in [2.45, 2.75) is 43.0 Å². The van der Waals surface area contributed by atoms with Gasteiger partial charge in [-0.1, -0.05) is 42.5 Å². The van der Waals surface area contributed by atoms with Gasteiger partial charge < -0.3 is 44.8 Å². The molecule has 17 heteroatoms. The third-order valence-electron chi connectivity index (χ3n) is 9.68. The van der Waals surface area contributed by atoms with Crippen LogP contribution in [0.2, 0.25) is 0 Å². The number of nitrogens with one attached hydrogen (secondary N) is 3. The predicted octanol–water partition coefficient (Wildman–Crippen LogP) is -2.25. The summed E-state index contributed by atoms with van der Waals surface area (Å²) in [5.74, 6) is -2.31. The normalized spacial score (nSPS) is 26.3. The van der Waals surface area contributed by atoms with Gasteiger partial charge in [-0.3, -0.25) is 25.1 Å². The standard InChI is InChI=1S/C36H35N5O12/c37-35-39-32-25(33(49)40-35)38-16-41(32)22-8-4-1-5-17(22)13-18-14-21-24(27(46)20-7-3-2-6-19(20)26(21)45)30(51-12-11-43)29(18)53-34-36(50,9-10-42)31(48)28(47)23(15-44)52-34/h1-8,14,23,28,31,34,42-44,47-48,50H,9-13,15-16H2,(H2,37,40,49)/p+1/t23-,28-,31+,34+,36-/m0/s1. The molecular weight excluding hydrogens is 694 g/mol. The van der Waals surface area contributed by atoms with Crippen LogP contribution in [0.25, 0.3) is 0 Å². The number of quaternary nitrogens is 1. The average Bonchev–Trinajstić information content (AvgIpc) is 3.58. The summed E-state index contributed by atoms with van der Waals surface area (Å²) in [4.78, 5) is 49.9. The van der Waals surface area contributed by atoms with Gasteiger partial charge in [-0.25, -0.2) is 9.89 Å². The zero-order chi connectivity index (χ0) is 37.6. The molecule has 0 aromatic heterocycles. The summed E-state index contributed by atoms with van der Waals surface area (Å²) in [5.41, 5.74) is -1.01. The van der Waals surface area contributed by atoms with Crippen LogP contribution in [-0.2, 0) is 16.0 Å². The lowest BCUT2D eigenvalue weighted by atomic mass is 9.81. The van der Waals surface area contributed by atoms with E-state index in [4.69, 9.17) is 19.6 Å². The van der Waals surface area contributed by atoms with Crippen molar-refractivity contribution in [3.8, 4) is 11.5 Å². The highest BCUT2D eigenvalue weighted by molar-refractivity contribution is 6.68. The van der Waals surface area contributed by atoms with E-state index in [9.17, 15) is 45.0 Å². The fourth-order valence-corrected chi connectivity index (χ4v) is 7.08. The zero-order valence-corrected chi connectivity index (χ0v) is 28.0. The highest BCUT2D eigenvalue weighted by Crippen LogP contribution is 2.46. The molecule has 1 aliphatic carbocycles. The first-order valence-corrected chi connectivity index (χ1v) is 16.7. The number of aliphatic hydroxyl groups excluding tert-OH is 5. The molecule has 3 heterocycles. The molecule has 3 aliphatic heterocycles. The summed E-state index contributed by atoms with van der Waals surface area (Å²) >= 11 is 0. The minimum Gasteiger partial charge on any atom is -0.486 e. The lowest BCUT2D eigenvalue weighted by Gasteiger charge is -2.47. The molecule has 53 heavy (non-hydrogen) atoms. The van der Waals surface area contributed by atoms with Gasteiger partial charge in [0.25, 0.3) is 11.7 Å². The summed E-state index contributed by atoms with van der Waals surface area (Å²) in [6.07, 6.45) is -7.73. The van der Waals surface area contributed by atoms with Gasteiger partial charge in [0, 0.05) is 47.3 Å². The zero-order valence-electron chi connectivity index (χ0n) is 28.0. The number of amides is 1. The lowest BCUT2D eigenvalue weighted by Crippen LogP contribution is -3.09. The van der Waals surface area contributed by atoms with E-state index in [2.05, 4.69) is 15.3 Å². The van der Waals surface area contributed by atoms with E-state index >= 15 is 0 Å². The van der Waals surface area contributed by atoms with Crippen molar-refractivity contribution < 1.29 is 64.1 Å². The second kappa shape index (κ2) is 14.3. The summed E-state index contributed by atoms with van der Waals surface area (Å²) in [5, 5.41) is 73.4. The Kier molecular flexibility index (Phi) is 9.75. The third-order valence-corrected chi connectivity index (χ3v) is 9.68. The van der Waals surface area contributed by atoms with Crippen molar-refractivity contribution in [3.63, 3.8) is 0 Å². The van der Waals surface area contributed by atoms with E-state index in [1.807, 2.05) is 0 Å². The highest BCUT2D eigenvalue weighted by Gasteiger charge is 2.56. The summed E-state index contributed by atoms with van der Waals surface area (Å²) in [7, 11) is 0. The van der Waals surface area contributed by atoms with Gasteiger partial charge in [-0.05, 0) is 12.1 Å². The number of guanidine groups is 1. The maximum absolute atomic E-state index is 14.1. The largest absolute Gasteiger partial charge is 0.486 e. The second-order valence-electron chi connectivity index (χ2n) is 12.8. The molecule has 9 N–H and O–H groups in total. The maximum Gasteiger partial charge on any atom is 0.284 e. The second-order valence-corrected chi connectivity index (χ2v) is 12.8. The molecule has 1 fully saturated rings. The Morgan fingerprint density at radius 3 is 2.38 bits per heavy atom. The Morgan fingerprint density at radius 1 is 0.943 bits per heavy atom. The van der Waals surface area contributed by atoms with E-state index in [0.29, 0.717) is 16.2 Å². The van der Waals surface area contributed by atoms with Crippen LogP contribution in [0.4, 0.5) is 5.69 Å². The highest BCUT2D eigenvalue weighted by atomic mass is 16.7. The average molecular weight is 731 g/mol. The van der Waals surface area contributed by atoms with E-state index in [1.165, 1.54) is 18.2 Å². The number of aliphatic hydroxyl groups is 6. The molecule has 17 nitrogen and oxygen atoms in total. The van der Waals surface area contributed by atoms with Crippen molar-refractivity contribution in [2.24, 2.45) is 9.98 Å². The van der Waals surface area contributed by atoms with Crippen LogP contribution in [0.5, 0.6) is 11.5 Å². The number of rotatable bonds is 11. The Hall–Kier alpha value is -5.24. The van der Waals surface area contributed by atoms with E-state index < -0.39 is 73.9 Å². The van der Waals surface area contributed by atoms with Crippen LogP contribution in [0.15, 0.2) is 64.6 Å². The molecule has 0 bridgehead atoms. The van der Waals surface area contributed by atoms with Gasteiger partial charge in [0.2, 0.25) is 18.0 Å². The van der Waals surface area contributed by atoms with Gasteiger partial charge >= 0.3 is 0 Å². The molecule has 3 aromatic rings. The number of nitrogens with zero attached hydrogens (tertiary/aromatic N) is 2. The Labute approximate surface area is 300 Å². The number of ketones is 2. The summed E-state index contributed by atoms with van der Waals surface area (Å²) in [6.45, 7) is -2.29. The topological polar surface area (TPSA) is 265 Å². The number of carbonyl (C=O) groups excluding carboxylic acids is 3. The van der Waals surface area contributed by atoms with Crippen LogP contribution < -0.4 is 19.7 Å². The number of fused-ring (bicyclic) bond motifs is 3. The molecule has 7 rings (SSSR count). The Balaban J connectivity index is 1.41. The number of hydrogen-bond donors (Lipinski definition) is 9. The molecule has 1 unspecified atom stereocenters. The smallest absolute Gasteiger partial charge is 0.284 e. The van der Waals surface area contributed by atoms with Gasteiger partial charge in [0.05, 0.1) is 18.8 Å². The fraction of sp³-hybridized carbons (Fsp3) is 0.333. The summed E-state index contributed by atoms with van der Waals surface area (Å²) in [6, 6.07) is 14.7. The maximum atomic E-state index is 14.1. The van der Waals surface area contributed by atoms with Crippen molar-refractivity contribution in [1.82, 2.24) is 5.32 Å². The molecule has 4 aliphatic rings. The SMILES string of the molecule is N=C1N=C2C(=NC[NH+]2c2ccccc2Cc2cc3c(c(OCCO)c2O[C@H]2O[C@@H](CO)[C@H](O)[C@@H](O)[C@@]2(O)CCO)C(=O)c2ccccc2C3=O)C(=O)N1.